The van der Waals surface area contributed by atoms with E-state index in [9.17, 15) is 4.79 Å². The van der Waals surface area contributed by atoms with Crippen LogP contribution in [-0.4, -0.2) is 15.9 Å². The molecule has 0 aliphatic heterocycles. The number of benzene rings is 1. The van der Waals surface area contributed by atoms with Crippen molar-refractivity contribution < 1.29 is 4.79 Å². The fourth-order valence-corrected chi connectivity index (χ4v) is 3.23. The highest BCUT2D eigenvalue weighted by molar-refractivity contribution is 7.13. The lowest BCUT2D eigenvalue weighted by Gasteiger charge is -2.09. The number of aromatic nitrogens is 2. The summed E-state index contributed by atoms with van der Waals surface area (Å²) >= 11 is 7.61. The van der Waals surface area contributed by atoms with Crippen LogP contribution in [0.1, 0.15) is 17.7 Å². The minimum Gasteiger partial charge on any atom is -0.326 e. The molecule has 2 heterocycles. The zero-order chi connectivity index (χ0) is 16.9. The first-order valence-electron chi connectivity index (χ1n) is 7.54. The number of nitrogens with one attached hydrogen (secondary N) is 1. The van der Waals surface area contributed by atoms with E-state index in [-0.39, 0.29) is 5.91 Å². The minimum atomic E-state index is -0.0484. The fourth-order valence-electron chi connectivity index (χ4n) is 2.23. The third kappa shape index (κ3) is 3.99. The van der Waals surface area contributed by atoms with Crippen molar-refractivity contribution in [3.05, 3.63) is 64.3 Å². The summed E-state index contributed by atoms with van der Waals surface area (Å²) in [5.41, 5.74) is 3.38. The number of nitrogens with zero attached hydrogens (tertiary/aromatic N) is 2. The summed E-state index contributed by atoms with van der Waals surface area (Å²) in [6.07, 6.45) is 2.71. The van der Waals surface area contributed by atoms with Crippen LogP contribution in [0.25, 0.3) is 10.7 Å². The number of halogens is 1. The summed E-state index contributed by atoms with van der Waals surface area (Å²) < 4.78 is 0. The number of carbonyl (C=O) groups excluding carboxylic acids is 1. The molecule has 24 heavy (non-hydrogen) atoms. The molecule has 0 saturated heterocycles. The van der Waals surface area contributed by atoms with E-state index in [2.05, 4.69) is 15.3 Å². The molecule has 0 unspecified atom stereocenters. The van der Waals surface area contributed by atoms with Gasteiger partial charge < -0.3 is 5.32 Å². The number of anilines is 1. The molecule has 4 nitrogen and oxygen atoms in total. The summed E-state index contributed by atoms with van der Waals surface area (Å²) in [5.74, 6) is -0.0484. The second kappa shape index (κ2) is 7.55. The van der Waals surface area contributed by atoms with Gasteiger partial charge in [-0.05, 0) is 43.2 Å². The van der Waals surface area contributed by atoms with Crippen LogP contribution in [0.2, 0.25) is 5.02 Å². The second-order valence-electron chi connectivity index (χ2n) is 5.32. The van der Waals surface area contributed by atoms with Crippen LogP contribution in [0.4, 0.5) is 5.69 Å². The number of rotatable bonds is 5. The number of hydrogen-bond acceptors (Lipinski definition) is 4. The molecular formula is C18H16ClN3OS. The molecule has 0 radical (unpaired) electrons. The fraction of sp³-hybridized carbons (Fsp3) is 0.167. The number of carbonyl (C=O) groups is 1. The minimum absolute atomic E-state index is 0.0484. The zero-order valence-electron chi connectivity index (χ0n) is 13.1. The Morgan fingerprint density at radius 2 is 2.12 bits per heavy atom. The largest absolute Gasteiger partial charge is 0.326 e. The van der Waals surface area contributed by atoms with Gasteiger partial charge in [-0.3, -0.25) is 9.78 Å². The van der Waals surface area contributed by atoms with Crippen LogP contribution >= 0.6 is 22.9 Å². The maximum absolute atomic E-state index is 12.1. The molecule has 0 saturated carbocycles. The SMILES string of the molecule is Cc1c(Cl)cccc1NC(=O)CCc1csc(-c2ccccn2)n1. The van der Waals surface area contributed by atoms with Crippen molar-refractivity contribution in [1.82, 2.24) is 9.97 Å². The van der Waals surface area contributed by atoms with Crippen molar-refractivity contribution >= 4 is 34.5 Å². The lowest BCUT2D eigenvalue weighted by atomic mass is 10.2. The van der Waals surface area contributed by atoms with E-state index in [0.717, 1.165) is 27.6 Å². The Labute approximate surface area is 149 Å². The molecule has 0 atom stereocenters. The third-order valence-corrected chi connectivity index (χ3v) is 4.91. The normalized spacial score (nSPS) is 10.6. The Morgan fingerprint density at radius 1 is 1.25 bits per heavy atom. The first kappa shape index (κ1) is 16.6. The molecule has 6 heteroatoms. The summed E-state index contributed by atoms with van der Waals surface area (Å²) in [4.78, 5) is 21.0. The van der Waals surface area contributed by atoms with Gasteiger partial charge >= 0.3 is 0 Å². The van der Waals surface area contributed by atoms with Gasteiger partial charge in [0.2, 0.25) is 5.91 Å². The number of thiazole rings is 1. The molecule has 2 aromatic heterocycles. The second-order valence-corrected chi connectivity index (χ2v) is 6.58. The van der Waals surface area contributed by atoms with Crippen molar-refractivity contribution in [3.63, 3.8) is 0 Å². The van der Waals surface area contributed by atoms with Gasteiger partial charge in [0.25, 0.3) is 0 Å². The van der Waals surface area contributed by atoms with Crippen molar-refractivity contribution in [2.24, 2.45) is 0 Å². The van der Waals surface area contributed by atoms with Gasteiger partial charge in [0.05, 0.1) is 11.4 Å². The molecule has 122 valence electrons. The molecule has 1 aromatic carbocycles. The van der Waals surface area contributed by atoms with E-state index < -0.39 is 0 Å². The van der Waals surface area contributed by atoms with Crippen LogP contribution in [-0.2, 0) is 11.2 Å². The molecule has 0 aliphatic rings. The number of pyridine rings is 1. The van der Waals surface area contributed by atoms with E-state index in [0.29, 0.717) is 17.9 Å². The number of hydrogen-bond donors (Lipinski definition) is 1. The Balaban J connectivity index is 1.59. The predicted octanol–water partition coefficient (Wildman–Crippen LogP) is 4.74. The molecular weight excluding hydrogens is 342 g/mol. The van der Waals surface area contributed by atoms with E-state index in [1.807, 2.05) is 42.6 Å². The summed E-state index contributed by atoms with van der Waals surface area (Å²) in [7, 11) is 0. The van der Waals surface area contributed by atoms with Gasteiger partial charge in [-0.25, -0.2) is 4.98 Å². The van der Waals surface area contributed by atoms with Crippen molar-refractivity contribution in [2.45, 2.75) is 19.8 Å². The Morgan fingerprint density at radius 3 is 2.92 bits per heavy atom. The summed E-state index contributed by atoms with van der Waals surface area (Å²) in [5, 5.41) is 6.39. The third-order valence-electron chi connectivity index (χ3n) is 3.59. The van der Waals surface area contributed by atoms with E-state index in [1.54, 1.807) is 12.3 Å². The highest BCUT2D eigenvalue weighted by atomic mass is 35.5. The van der Waals surface area contributed by atoms with Crippen LogP contribution in [0.3, 0.4) is 0 Å². The summed E-state index contributed by atoms with van der Waals surface area (Å²) in [6, 6.07) is 11.2. The highest BCUT2D eigenvalue weighted by Crippen LogP contribution is 2.24. The van der Waals surface area contributed by atoms with Gasteiger partial charge in [-0.1, -0.05) is 23.7 Å². The monoisotopic (exact) mass is 357 g/mol. The molecule has 0 bridgehead atoms. The lowest BCUT2D eigenvalue weighted by molar-refractivity contribution is -0.116. The first-order chi connectivity index (χ1) is 11.6. The maximum atomic E-state index is 12.1. The molecule has 0 spiro atoms. The number of amides is 1. The Hall–Kier alpha value is -2.24. The van der Waals surface area contributed by atoms with Crippen LogP contribution in [0.15, 0.2) is 48.0 Å². The maximum Gasteiger partial charge on any atom is 0.224 e. The quantitative estimate of drug-likeness (QED) is 0.717. The van der Waals surface area contributed by atoms with Gasteiger partial charge in [0, 0.05) is 28.7 Å². The van der Waals surface area contributed by atoms with Crippen LogP contribution < -0.4 is 5.32 Å². The standard InChI is InChI=1S/C18H16ClN3OS/c1-12-14(19)5-4-7-15(12)22-17(23)9-8-13-11-24-18(21-13)16-6-2-3-10-20-16/h2-7,10-11H,8-9H2,1H3,(H,22,23). The van der Waals surface area contributed by atoms with Gasteiger partial charge in [-0.2, -0.15) is 0 Å². The van der Waals surface area contributed by atoms with Crippen molar-refractivity contribution in [1.29, 1.82) is 0 Å². The zero-order valence-corrected chi connectivity index (χ0v) is 14.7. The molecule has 3 aromatic rings. The topological polar surface area (TPSA) is 54.9 Å². The first-order valence-corrected chi connectivity index (χ1v) is 8.80. The molecule has 1 amide bonds. The average molecular weight is 358 g/mol. The number of aryl methyl sites for hydroxylation is 1. The predicted molar refractivity (Wildman–Crippen MR) is 98.5 cm³/mol. The van der Waals surface area contributed by atoms with E-state index >= 15 is 0 Å². The smallest absolute Gasteiger partial charge is 0.224 e. The average Bonchev–Trinajstić information content (AvgIpc) is 3.07. The van der Waals surface area contributed by atoms with Crippen LogP contribution in [0.5, 0.6) is 0 Å². The molecule has 3 rings (SSSR count). The van der Waals surface area contributed by atoms with Gasteiger partial charge in [0.1, 0.15) is 5.01 Å². The van der Waals surface area contributed by atoms with E-state index in [4.69, 9.17) is 11.6 Å². The molecule has 0 aliphatic carbocycles. The van der Waals surface area contributed by atoms with Crippen molar-refractivity contribution in [2.75, 3.05) is 5.32 Å². The van der Waals surface area contributed by atoms with E-state index in [1.165, 1.54) is 11.3 Å². The molecule has 0 fully saturated rings. The van der Waals surface area contributed by atoms with Gasteiger partial charge in [-0.15, -0.1) is 11.3 Å². The lowest BCUT2D eigenvalue weighted by Crippen LogP contribution is -2.13. The summed E-state index contributed by atoms with van der Waals surface area (Å²) in [6.45, 7) is 1.89. The highest BCUT2D eigenvalue weighted by Gasteiger charge is 2.10. The Bertz CT molecular complexity index is 848. The Kier molecular flexibility index (Phi) is 5.23. The van der Waals surface area contributed by atoms with Crippen molar-refractivity contribution in [3.8, 4) is 10.7 Å². The molecule has 1 N–H and O–H groups in total. The van der Waals surface area contributed by atoms with Gasteiger partial charge in [0.15, 0.2) is 0 Å². The van der Waals surface area contributed by atoms with Crippen LogP contribution in [0, 0.1) is 6.92 Å².